The van der Waals surface area contributed by atoms with Gasteiger partial charge < -0.3 is 81.1 Å². The predicted octanol–water partition coefficient (Wildman–Crippen LogP) is -1.79. The lowest BCUT2D eigenvalue weighted by molar-refractivity contribution is -0.143. The van der Waals surface area contributed by atoms with Crippen LogP contribution in [-0.4, -0.2) is 171 Å². The number of aromatic amines is 1. The molecule has 0 radical (unpaired) electrons. The molecule has 2 aromatic heterocycles. The molecule has 7 rings (SSSR count). The molecule has 5 aromatic rings. The molecule has 30 nitrogen and oxygen atoms in total. The van der Waals surface area contributed by atoms with Crippen LogP contribution >= 0.6 is 0 Å². The number of benzene rings is 3. The van der Waals surface area contributed by atoms with Crippen LogP contribution in [0.1, 0.15) is 107 Å². The molecular formula is C61H84N20O10. The van der Waals surface area contributed by atoms with Gasteiger partial charge in [-0.1, -0.05) is 85.6 Å². The van der Waals surface area contributed by atoms with Crippen LogP contribution in [0.2, 0.25) is 0 Å². The van der Waals surface area contributed by atoms with Gasteiger partial charge in [-0.05, 0) is 79.3 Å². The first-order valence-electron chi connectivity index (χ1n) is 30.6. The largest absolute Gasteiger partial charge is 0.370 e. The number of aryl methyl sites for hydroxylation is 1. The predicted molar refractivity (Wildman–Crippen MR) is 338 cm³/mol. The van der Waals surface area contributed by atoms with Gasteiger partial charge in [-0.2, -0.15) is 0 Å². The number of amides is 10. The third-order valence-electron chi connectivity index (χ3n) is 15.8. The maximum atomic E-state index is 15.5. The van der Waals surface area contributed by atoms with Crippen LogP contribution in [0, 0.1) is 0 Å². The number of aliphatic imine (C=N–C) groups is 2. The van der Waals surface area contributed by atoms with E-state index in [-0.39, 0.29) is 89.3 Å². The Hall–Kier alpha value is -10.2. The number of guanidine groups is 2. The molecule has 10 amide bonds. The highest BCUT2D eigenvalue weighted by atomic mass is 16.2. The van der Waals surface area contributed by atoms with Crippen molar-refractivity contribution in [2.45, 2.75) is 152 Å². The van der Waals surface area contributed by atoms with Crippen molar-refractivity contribution in [2.75, 3.05) is 32.7 Å². The number of hydrogen-bond donors (Lipinski definition) is 14. The molecular weight excluding hydrogens is 1170 g/mol. The second-order valence-corrected chi connectivity index (χ2v) is 22.8. The summed E-state index contributed by atoms with van der Waals surface area (Å²) in [7, 11) is 0. The van der Waals surface area contributed by atoms with E-state index in [1.165, 1.54) is 16.5 Å². The number of hydrogen-bond acceptors (Lipinski definition) is 14. The number of nitrogens with one attached hydrogen (secondary N) is 9. The van der Waals surface area contributed by atoms with Crippen LogP contribution in [0.5, 0.6) is 0 Å². The SMILES string of the molecule is CCCCC(NC(C)=O)C(=O)N[C@H]1CC(=O)NCCCC[C@@H](C(N)=O)NC(=O)CNC(=O)[C@H](Cc2c[nH]c3ccccc23)NC(=O)[C@H](CCCN=C(N)N)NC(=O)[C@@H](Cc2ccc3ccccc3c2)NC(=O)[C@@H]2C[C@@H](n3cc(CCCN=C(N)N)nn3)CN2C1=O. The summed E-state index contributed by atoms with van der Waals surface area (Å²) in [6, 6.07) is 9.88. The van der Waals surface area contributed by atoms with E-state index in [1.54, 1.807) is 24.5 Å². The van der Waals surface area contributed by atoms with Gasteiger partial charge in [-0.25, -0.2) is 4.68 Å². The number of H-pyrrole nitrogens is 1. The molecule has 0 bridgehead atoms. The van der Waals surface area contributed by atoms with Crippen molar-refractivity contribution in [1.29, 1.82) is 0 Å². The molecule has 2 fully saturated rings. The third kappa shape index (κ3) is 20.4. The van der Waals surface area contributed by atoms with Crippen LogP contribution in [0.15, 0.2) is 89.1 Å². The molecule has 0 spiro atoms. The fourth-order valence-corrected chi connectivity index (χ4v) is 11.1. The van der Waals surface area contributed by atoms with Crippen LogP contribution in [0.3, 0.4) is 0 Å². The Kier molecular flexibility index (Phi) is 25.1. The minimum atomic E-state index is -1.63. The minimum Gasteiger partial charge on any atom is -0.370 e. The van der Waals surface area contributed by atoms with Crippen molar-refractivity contribution >= 4 is 92.7 Å². The summed E-state index contributed by atoms with van der Waals surface area (Å²) in [6.07, 6.45) is 5.14. The monoisotopic (exact) mass is 1260 g/mol. The van der Waals surface area contributed by atoms with Crippen LogP contribution in [0.25, 0.3) is 21.7 Å². The van der Waals surface area contributed by atoms with Crippen LogP contribution < -0.4 is 71.2 Å². The first kappa shape index (κ1) is 68.3. The number of nitrogens with zero attached hydrogens (tertiary/aromatic N) is 6. The topological polar surface area (TPSA) is 471 Å². The molecule has 2 aliphatic heterocycles. The van der Waals surface area contributed by atoms with Crippen molar-refractivity contribution in [3.8, 4) is 0 Å². The first-order chi connectivity index (χ1) is 43.6. The van der Waals surface area contributed by atoms with Gasteiger partial charge in [0.2, 0.25) is 59.1 Å². The molecule has 0 aliphatic carbocycles. The summed E-state index contributed by atoms with van der Waals surface area (Å²) >= 11 is 0. The highest BCUT2D eigenvalue weighted by Gasteiger charge is 2.45. The van der Waals surface area contributed by atoms with Gasteiger partial charge in [-0.3, -0.25) is 57.9 Å². The van der Waals surface area contributed by atoms with E-state index in [0.717, 1.165) is 21.7 Å². The van der Waals surface area contributed by atoms with Crippen LogP contribution in [0.4, 0.5) is 0 Å². The van der Waals surface area contributed by atoms with Crippen molar-refractivity contribution < 1.29 is 47.9 Å². The van der Waals surface area contributed by atoms with Gasteiger partial charge in [0, 0.05) is 75.7 Å². The number of para-hydroxylation sites is 1. The number of primary amides is 1. The molecule has 2 aliphatic rings. The van der Waals surface area contributed by atoms with E-state index in [9.17, 15) is 33.6 Å². The Morgan fingerprint density at radius 3 is 2.18 bits per heavy atom. The zero-order valence-corrected chi connectivity index (χ0v) is 51.2. The standard InChI is InChI=1S/C61H84N20O10/c1-3-4-17-45(72-35(2)82)55(87)77-49-30-51(83)67-23-10-9-19-44(53(62)85)73-52(84)32-71-54(86)48(28-39-31-70-43-18-8-7-16-42(39)43)75-56(88)46(20-12-25-69-61(65)66)74-57(89)47(27-36-21-22-37-13-5-6-14-38(37)26-36)76-58(90)50-29-41(34-80(50)59(49)91)81-33-40(78-79-81)15-11-24-68-60(63)64/h5-8,13-14,16,18,21-22,26,31,33,41,44-50,70H,3-4,9-12,15,17,19-20,23-25,27-30,32,34H2,1-2H3,(H2,62,85)(H,67,83)(H,71,86)(H,72,82)(H,73,84)(H,74,89)(H,75,88)(H,76,90)(H,77,87)(H4,63,64,68)(H4,65,66,69)/t41-,44+,45?,46+,47-,48+,49+,50+/m1/s1. The molecule has 0 saturated carbocycles. The third-order valence-corrected chi connectivity index (χ3v) is 15.8. The molecule has 2 saturated heterocycles. The lowest BCUT2D eigenvalue weighted by atomic mass is 9.99. The zero-order chi connectivity index (χ0) is 65.6. The molecule has 8 atom stereocenters. The summed E-state index contributed by atoms with van der Waals surface area (Å²) in [5, 5.41) is 32.9. The molecule has 19 N–H and O–H groups in total. The van der Waals surface area contributed by atoms with Crippen molar-refractivity contribution in [1.82, 2.24) is 67.4 Å². The highest BCUT2D eigenvalue weighted by molar-refractivity contribution is 5.99. The fraction of sp³-hybridized carbons (Fsp3) is 0.475. The molecule has 1 unspecified atom stereocenters. The summed E-state index contributed by atoms with van der Waals surface area (Å²) in [5.74, 6) is -8.09. The second-order valence-electron chi connectivity index (χ2n) is 22.8. The summed E-state index contributed by atoms with van der Waals surface area (Å²) in [6.45, 7) is 2.62. The highest BCUT2D eigenvalue weighted by Crippen LogP contribution is 2.29. The van der Waals surface area contributed by atoms with Gasteiger partial charge >= 0.3 is 0 Å². The van der Waals surface area contributed by atoms with Gasteiger partial charge in [0.1, 0.15) is 42.3 Å². The molecule has 30 heteroatoms. The van der Waals surface area contributed by atoms with E-state index < -0.39 is 120 Å². The lowest BCUT2D eigenvalue weighted by Gasteiger charge is -2.31. The summed E-state index contributed by atoms with van der Waals surface area (Å²) in [4.78, 5) is 155. The number of rotatable bonds is 20. The molecule has 4 heterocycles. The van der Waals surface area contributed by atoms with E-state index in [4.69, 9.17) is 28.7 Å². The number of fused-ring (bicyclic) bond motifs is 3. The van der Waals surface area contributed by atoms with Crippen molar-refractivity contribution in [3.63, 3.8) is 0 Å². The van der Waals surface area contributed by atoms with Gasteiger partial charge in [0.05, 0.1) is 24.7 Å². The maximum absolute atomic E-state index is 15.5. The summed E-state index contributed by atoms with van der Waals surface area (Å²) in [5.41, 5.74) is 30.6. The average molecular weight is 1260 g/mol. The fourth-order valence-electron chi connectivity index (χ4n) is 11.1. The van der Waals surface area contributed by atoms with E-state index >= 15 is 14.4 Å². The Balaban J connectivity index is 1.30. The van der Waals surface area contributed by atoms with Gasteiger partial charge in [0.25, 0.3) is 0 Å². The van der Waals surface area contributed by atoms with E-state index in [0.29, 0.717) is 49.0 Å². The molecule has 91 heavy (non-hydrogen) atoms. The zero-order valence-electron chi connectivity index (χ0n) is 51.2. The lowest BCUT2D eigenvalue weighted by Crippen LogP contribution is -2.60. The number of carbonyl (C=O) groups is 10. The Bertz CT molecular complexity index is 3470. The van der Waals surface area contributed by atoms with Gasteiger partial charge in [0.15, 0.2) is 11.9 Å². The number of nitrogens with two attached hydrogens (primary N) is 5. The normalized spacial score (nSPS) is 21.4. The van der Waals surface area contributed by atoms with Crippen LogP contribution in [-0.2, 0) is 67.2 Å². The Morgan fingerprint density at radius 1 is 0.747 bits per heavy atom. The number of carbonyl (C=O) groups excluding carboxylic acids is 10. The second kappa shape index (κ2) is 33.4. The van der Waals surface area contributed by atoms with Crippen molar-refractivity contribution in [2.24, 2.45) is 38.7 Å². The Labute approximate surface area is 525 Å². The van der Waals surface area contributed by atoms with Crippen molar-refractivity contribution in [3.05, 3.63) is 95.9 Å². The average Bonchev–Trinajstić information content (AvgIpc) is 1.94. The quantitative estimate of drug-likeness (QED) is 0.0233. The maximum Gasteiger partial charge on any atom is 0.246 e. The number of unbranched alkanes of at least 4 members (excludes halogenated alkanes) is 1. The number of aromatic nitrogens is 4. The van der Waals surface area contributed by atoms with Gasteiger partial charge in [-0.15, -0.1) is 5.10 Å². The summed E-state index contributed by atoms with van der Waals surface area (Å²) < 4.78 is 1.51. The Morgan fingerprint density at radius 2 is 1.44 bits per heavy atom. The molecule has 3 aromatic carbocycles. The smallest absolute Gasteiger partial charge is 0.246 e. The first-order valence-corrected chi connectivity index (χ1v) is 30.6. The molecule has 488 valence electrons. The van der Waals surface area contributed by atoms with E-state index in [1.807, 2.05) is 61.5 Å². The van der Waals surface area contributed by atoms with E-state index in [2.05, 4.69) is 67.8 Å². The minimum absolute atomic E-state index is 0.00687.